The summed E-state index contributed by atoms with van der Waals surface area (Å²) < 4.78 is 53.3. The van der Waals surface area contributed by atoms with Crippen LogP contribution in [-0.2, 0) is 6.18 Å². The van der Waals surface area contributed by atoms with E-state index in [0.29, 0.717) is 29.7 Å². The first-order valence-electron chi connectivity index (χ1n) is 9.81. The zero-order valence-corrected chi connectivity index (χ0v) is 18.4. The summed E-state index contributed by atoms with van der Waals surface area (Å²) in [6.45, 7) is 1.74. The van der Waals surface area contributed by atoms with E-state index >= 15 is 0 Å². The minimum atomic E-state index is -4.66. The predicted octanol–water partition coefficient (Wildman–Crippen LogP) is 6.72. The van der Waals surface area contributed by atoms with Gasteiger partial charge in [0.15, 0.2) is 0 Å². The van der Waals surface area contributed by atoms with Gasteiger partial charge >= 0.3 is 12.2 Å². The van der Waals surface area contributed by atoms with Crippen LogP contribution in [0.3, 0.4) is 0 Å². The van der Waals surface area contributed by atoms with Gasteiger partial charge in [-0.25, -0.2) is 14.2 Å². The van der Waals surface area contributed by atoms with Crippen molar-refractivity contribution >= 4 is 44.6 Å². The number of hydrogen-bond donors (Lipinski definition) is 3. The average molecular weight is 484 g/mol. The minimum Gasteiger partial charge on any atom is -0.383 e. The van der Waals surface area contributed by atoms with Crippen molar-refractivity contribution in [2.45, 2.75) is 13.1 Å². The van der Waals surface area contributed by atoms with E-state index in [1.165, 1.54) is 11.3 Å². The fraction of sp³-hybridized carbons (Fsp3) is 0.0833. The smallest absolute Gasteiger partial charge is 0.383 e. The lowest BCUT2D eigenvalue weighted by atomic mass is 10.0. The van der Waals surface area contributed by atoms with Crippen molar-refractivity contribution in [3.63, 3.8) is 0 Å². The fourth-order valence-corrected chi connectivity index (χ4v) is 4.37. The number of anilines is 3. The van der Waals surface area contributed by atoms with E-state index in [1.807, 2.05) is 5.38 Å². The first-order valence-corrected chi connectivity index (χ1v) is 10.7. The molecule has 0 fully saturated rings. The molecule has 0 spiro atoms. The number of nitrogen functional groups attached to an aromatic ring is 1. The van der Waals surface area contributed by atoms with E-state index in [2.05, 4.69) is 27.5 Å². The maximum Gasteiger partial charge on any atom is 0.416 e. The number of nitrogens with one attached hydrogen (secondary N) is 2. The summed E-state index contributed by atoms with van der Waals surface area (Å²) in [5.74, 6) is 5.25. The zero-order valence-electron chi connectivity index (χ0n) is 17.5. The Morgan fingerprint density at radius 2 is 1.85 bits per heavy atom. The van der Waals surface area contributed by atoms with Gasteiger partial charge in [-0.3, -0.25) is 0 Å². The summed E-state index contributed by atoms with van der Waals surface area (Å²) in [7, 11) is 0. The van der Waals surface area contributed by atoms with Gasteiger partial charge in [0.25, 0.3) is 0 Å². The second-order valence-corrected chi connectivity index (χ2v) is 8.01. The van der Waals surface area contributed by atoms with Crippen molar-refractivity contribution in [3.8, 4) is 23.0 Å². The molecule has 34 heavy (non-hydrogen) atoms. The number of hydrogen-bond acceptors (Lipinski definition) is 4. The lowest BCUT2D eigenvalue weighted by Gasteiger charge is -2.12. The molecule has 0 bridgehead atoms. The molecule has 0 radical (unpaired) electrons. The van der Waals surface area contributed by atoms with E-state index in [1.54, 1.807) is 37.4 Å². The van der Waals surface area contributed by atoms with Gasteiger partial charge in [0.05, 0.1) is 21.5 Å². The molecule has 0 aliphatic heterocycles. The molecule has 0 saturated heterocycles. The van der Waals surface area contributed by atoms with E-state index in [4.69, 9.17) is 5.73 Å². The monoisotopic (exact) mass is 484 g/mol. The highest BCUT2D eigenvalue weighted by atomic mass is 32.1. The van der Waals surface area contributed by atoms with Gasteiger partial charge in [0.2, 0.25) is 0 Å². The Hall–Kier alpha value is -4.10. The van der Waals surface area contributed by atoms with Crippen molar-refractivity contribution in [2.75, 3.05) is 16.4 Å². The summed E-state index contributed by atoms with van der Waals surface area (Å²) in [5, 5.41) is 7.30. The number of nitrogens with zero attached hydrogens (tertiary/aromatic N) is 1. The molecule has 2 aromatic carbocycles. The Morgan fingerprint density at radius 3 is 2.53 bits per heavy atom. The van der Waals surface area contributed by atoms with E-state index in [-0.39, 0.29) is 0 Å². The number of urea groups is 1. The number of alkyl halides is 3. The Labute approximate surface area is 195 Å². The first-order chi connectivity index (χ1) is 16.2. The molecule has 0 unspecified atom stereocenters. The molecule has 10 heteroatoms. The number of thiophene rings is 1. The molecule has 5 nitrogen and oxygen atoms in total. The molecule has 2 heterocycles. The number of halogens is 4. The van der Waals surface area contributed by atoms with Crippen molar-refractivity contribution in [1.82, 2.24) is 4.98 Å². The van der Waals surface area contributed by atoms with E-state index < -0.39 is 29.3 Å². The largest absolute Gasteiger partial charge is 0.416 e. The lowest BCUT2D eigenvalue weighted by Crippen LogP contribution is -2.20. The molecule has 0 atom stereocenters. The van der Waals surface area contributed by atoms with Crippen LogP contribution in [0.25, 0.3) is 21.2 Å². The average Bonchev–Trinajstić information content (AvgIpc) is 3.23. The van der Waals surface area contributed by atoms with Crippen molar-refractivity contribution in [1.29, 1.82) is 0 Å². The van der Waals surface area contributed by atoms with Crippen LogP contribution in [0.1, 0.15) is 18.1 Å². The van der Waals surface area contributed by atoms with Gasteiger partial charge in [-0.15, -0.1) is 17.3 Å². The first kappa shape index (κ1) is 23.1. The summed E-state index contributed by atoms with van der Waals surface area (Å²) in [6.07, 6.45) is -3.03. The summed E-state index contributed by atoms with van der Waals surface area (Å²) >= 11 is 1.49. The molecule has 0 aliphatic rings. The van der Waals surface area contributed by atoms with E-state index in [9.17, 15) is 22.4 Å². The molecule has 0 saturated carbocycles. The molecule has 2 aromatic heterocycles. The van der Waals surface area contributed by atoms with Gasteiger partial charge < -0.3 is 16.4 Å². The summed E-state index contributed by atoms with van der Waals surface area (Å²) in [5.41, 5.74) is 7.26. The Bertz CT molecular complexity index is 1450. The van der Waals surface area contributed by atoms with Crippen LogP contribution in [0, 0.1) is 17.7 Å². The predicted molar refractivity (Wildman–Crippen MR) is 126 cm³/mol. The molecule has 0 aliphatic carbocycles. The normalized spacial score (nSPS) is 11.1. The highest BCUT2D eigenvalue weighted by Gasteiger charge is 2.31. The van der Waals surface area contributed by atoms with Crippen LogP contribution in [0.5, 0.6) is 0 Å². The van der Waals surface area contributed by atoms with Crippen molar-refractivity contribution < 1.29 is 22.4 Å². The van der Waals surface area contributed by atoms with Gasteiger partial charge in [-0.1, -0.05) is 18.1 Å². The third-order valence-corrected chi connectivity index (χ3v) is 5.89. The minimum absolute atomic E-state index is 0.358. The number of rotatable bonds is 3. The van der Waals surface area contributed by atoms with Gasteiger partial charge in [-0.05, 0) is 48.2 Å². The molecule has 172 valence electrons. The third-order valence-electron chi connectivity index (χ3n) is 4.88. The quantitative estimate of drug-likeness (QED) is 0.223. The SMILES string of the molecule is CC#Cc1cnc(N)c2c(-c3ccc(NC(=O)Nc4cc(C(F)(F)F)ccc4F)cc3)csc12. The second-order valence-electron chi connectivity index (χ2n) is 7.13. The standard InChI is InChI=1S/C24H16F4N4OS/c1-2-3-14-11-30-22(29)20-17(12-34-21(14)20)13-4-7-16(8-5-13)31-23(33)32-19-10-15(24(26,27)28)6-9-18(19)25/h4-12H,1H3,(H2,29,30)(H2,31,32,33). The number of carbonyl (C=O) groups excluding carboxylic acids is 1. The van der Waals surface area contributed by atoms with Crippen LogP contribution in [0.4, 0.5) is 39.5 Å². The third kappa shape index (κ3) is 4.65. The van der Waals surface area contributed by atoms with E-state index in [0.717, 1.165) is 26.8 Å². The highest BCUT2D eigenvalue weighted by Crippen LogP contribution is 2.38. The second kappa shape index (κ2) is 9.03. The highest BCUT2D eigenvalue weighted by molar-refractivity contribution is 7.18. The van der Waals surface area contributed by atoms with Gasteiger partial charge in [-0.2, -0.15) is 13.2 Å². The van der Waals surface area contributed by atoms with Gasteiger partial charge in [0.1, 0.15) is 11.6 Å². The Kier molecular flexibility index (Phi) is 6.13. The van der Waals surface area contributed by atoms with Crippen molar-refractivity contribution in [3.05, 3.63) is 71.0 Å². The number of pyridine rings is 1. The number of fused-ring (bicyclic) bond motifs is 1. The lowest BCUT2D eigenvalue weighted by molar-refractivity contribution is -0.137. The molecule has 4 N–H and O–H groups in total. The number of aromatic nitrogens is 1. The van der Waals surface area contributed by atoms with Gasteiger partial charge in [0, 0.05) is 22.8 Å². The summed E-state index contributed by atoms with van der Waals surface area (Å²) in [6, 6.07) is 7.62. The zero-order chi connectivity index (χ0) is 24.5. The van der Waals surface area contributed by atoms with Crippen LogP contribution in [-0.4, -0.2) is 11.0 Å². The maximum atomic E-state index is 13.9. The number of nitrogens with two attached hydrogens (primary N) is 1. The van der Waals surface area contributed by atoms with Crippen LogP contribution < -0.4 is 16.4 Å². The topological polar surface area (TPSA) is 80.0 Å². The van der Waals surface area contributed by atoms with Crippen LogP contribution in [0.15, 0.2) is 54.0 Å². The number of benzene rings is 2. The molecule has 4 aromatic rings. The number of carbonyl (C=O) groups is 1. The van der Waals surface area contributed by atoms with Crippen molar-refractivity contribution in [2.24, 2.45) is 0 Å². The molecule has 4 rings (SSSR count). The Morgan fingerprint density at radius 1 is 1.12 bits per heavy atom. The molecule has 2 amide bonds. The number of amides is 2. The van der Waals surface area contributed by atoms with Crippen LogP contribution in [0.2, 0.25) is 0 Å². The molecular weight excluding hydrogens is 468 g/mol. The fourth-order valence-electron chi connectivity index (χ4n) is 3.32. The maximum absolute atomic E-state index is 13.9. The Balaban J connectivity index is 1.54. The van der Waals surface area contributed by atoms with Crippen LogP contribution >= 0.6 is 11.3 Å². The summed E-state index contributed by atoms with van der Waals surface area (Å²) in [4.78, 5) is 16.4. The molecular formula is C24H16F4N4OS.